The van der Waals surface area contributed by atoms with Gasteiger partial charge in [-0.25, -0.2) is 14.8 Å². The van der Waals surface area contributed by atoms with Crippen molar-refractivity contribution in [3.63, 3.8) is 0 Å². The Labute approximate surface area is 152 Å². The van der Waals surface area contributed by atoms with Crippen molar-refractivity contribution in [2.24, 2.45) is 0 Å². The van der Waals surface area contributed by atoms with Crippen molar-refractivity contribution in [3.8, 4) is 0 Å². The number of carbonyl (C=O) groups is 1. The van der Waals surface area contributed by atoms with E-state index in [1.807, 2.05) is 12.1 Å². The fourth-order valence-electron chi connectivity index (χ4n) is 3.26. The largest absolute Gasteiger partial charge is 0.368 e. The number of nitrogens with one attached hydrogen (secondary N) is 1. The Kier molecular flexibility index (Phi) is 4.92. The molecule has 2 aromatic rings. The van der Waals surface area contributed by atoms with Crippen molar-refractivity contribution in [3.05, 3.63) is 42.5 Å². The predicted molar refractivity (Wildman–Crippen MR) is 97.0 cm³/mol. The van der Waals surface area contributed by atoms with E-state index in [9.17, 15) is 4.79 Å². The first-order chi connectivity index (χ1) is 12.8. The highest BCUT2D eigenvalue weighted by Crippen LogP contribution is 2.23. The van der Waals surface area contributed by atoms with Crippen LogP contribution in [0.2, 0.25) is 0 Å². The Morgan fingerprint density at radius 3 is 2.88 bits per heavy atom. The highest BCUT2D eigenvalue weighted by molar-refractivity contribution is 5.89. The lowest BCUT2D eigenvalue weighted by Gasteiger charge is -2.32. The average molecular weight is 354 g/mol. The third-order valence-electron chi connectivity index (χ3n) is 4.65. The Morgan fingerprint density at radius 2 is 2.08 bits per heavy atom. The maximum atomic E-state index is 12.5. The standard InChI is InChI=1S/C18H22N6O2/c25-18(21-14-4-3-6-19-12-14)24-10-11-26-16(13-24)15-5-7-20-17(22-15)23-8-1-2-9-23/h3-7,12,16H,1-2,8-11,13H2,(H,21,25)/t16-/m0/s1. The summed E-state index contributed by atoms with van der Waals surface area (Å²) in [5.41, 5.74) is 1.50. The number of hydrogen-bond donors (Lipinski definition) is 1. The van der Waals surface area contributed by atoms with Gasteiger partial charge in [0.25, 0.3) is 0 Å². The summed E-state index contributed by atoms with van der Waals surface area (Å²) in [6.07, 6.45) is 7.18. The van der Waals surface area contributed by atoms with Crippen LogP contribution in [-0.4, -0.2) is 58.7 Å². The minimum Gasteiger partial charge on any atom is -0.368 e. The SMILES string of the molecule is O=C(Nc1cccnc1)N1CCO[C@H](c2ccnc(N3CCCC3)n2)C1. The number of ether oxygens (including phenoxy) is 1. The molecule has 2 saturated heterocycles. The van der Waals surface area contributed by atoms with Crippen LogP contribution in [0, 0.1) is 0 Å². The molecule has 2 aliphatic rings. The summed E-state index contributed by atoms with van der Waals surface area (Å²) in [6.45, 7) is 3.48. The van der Waals surface area contributed by atoms with Gasteiger partial charge in [0.05, 0.1) is 30.7 Å². The fourth-order valence-corrected chi connectivity index (χ4v) is 3.26. The van der Waals surface area contributed by atoms with Gasteiger partial charge in [-0.1, -0.05) is 0 Å². The minimum atomic E-state index is -0.243. The number of aromatic nitrogens is 3. The Bertz CT molecular complexity index is 750. The number of amides is 2. The molecule has 2 aromatic heterocycles. The van der Waals surface area contributed by atoms with Crippen molar-refractivity contribution in [2.75, 3.05) is 43.0 Å². The molecular formula is C18H22N6O2. The van der Waals surface area contributed by atoms with Gasteiger partial charge in [0.1, 0.15) is 6.10 Å². The van der Waals surface area contributed by atoms with Crippen molar-refractivity contribution in [1.82, 2.24) is 19.9 Å². The normalized spacial score (nSPS) is 20.2. The zero-order valence-electron chi connectivity index (χ0n) is 14.5. The molecule has 0 unspecified atom stereocenters. The van der Waals surface area contributed by atoms with Crippen molar-refractivity contribution >= 4 is 17.7 Å². The number of carbonyl (C=O) groups excluding carboxylic acids is 1. The van der Waals surface area contributed by atoms with E-state index < -0.39 is 0 Å². The van der Waals surface area contributed by atoms with Crippen LogP contribution in [0.4, 0.5) is 16.4 Å². The molecule has 0 radical (unpaired) electrons. The van der Waals surface area contributed by atoms with Crippen LogP contribution < -0.4 is 10.2 Å². The van der Waals surface area contributed by atoms with E-state index in [1.54, 1.807) is 29.6 Å². The van der Waals surface area contributed by atoms with Gasteiger partial charge in [0.2, 0.25) is 5.95 Å². The second kappa shape index (κ2) is 7.65. The van der Waals surface area contributed by atoms with E-state index in [1.165, 1.54) is 12.8 Å². The molecule has 4 heterocycles. The maximum Gasteiger partial charge on any atom is 0.322 e. The third kappa shape index (κ3) is 3.75. The lowest BCUT2D eigenvalue weighted by molar-refractivity contribution is -0.0157. The van der Waals surface area contributed by atoms with Crippen LogP contribution in [0.5, 0.6) is 0 Å². The van der Waals surface area contributed by atoms with Gasteiger partial charge in [-0.15, -0.1) is 0 Å². The molecular weight excluding hydrogens is 332 g/mol. The molecule has 2 aliphatic heterocycles. The van der Waals surface area contributed by atoms with E-state index in [0.29, 0.717) is 25.4 Å². The van der Waals surface area contributed by atoms with Gasteiger partial charge in [0.15, 0.2) is 0 Å². The molecule has 0 spiro atoms. The fraction of sp³-hybridized carbons (Fsp3) is 0.444. The number of rotatable bonds is 3. The van der Waals surface area contributed by atoms with Crippen LogP contribution in [-0.2, 0) is 4.74 Å². The zero-order valence-corrected chi connectivity index (χ0v) is 14.5. The van der Waals surface area contributed by atoms with Gasteiger partial charge in [-0.3, -0.25) is 4.98 Å². The van der Waals surface area contributed by atoms with Crippen molar-refractivity contribution < 1.29 is 9.53 Å². The lowest BCUT2D eigenvalue weighted by Crippen LogP contribution is -2.44. The van der Waals surface area contributed by atoms with Crippen LogP contribution in [0.15, 0.2) is 36.8 Å². The molecule has 136 valence electrons. The first-order valence-electron chi connectivity index (χ1n) is 8.95. The second-order valence-electron chi connectivity index (χ2n) is 6.45. The highest BCUT2D eigenvalue weighted by Gasteiger charge is 2.27. The average Bonchev–Trinajstić information content (AvgIpc) is 3.24. The Hall–Kier alpha value is -2.74. The number of pyridine rings is 1. The molecule has 0 aliphatic carbocycles. The molecule has 26 heavy (non-hydrogen) atoms. The Balaban J connectivity index is 1.43. The lowest BCUT2D eigenvalue weighted by atomic mass is 10.2. The van der Waals surface area contributed by atoms with Gasteiger partial charge in [0, 0.05) is 32.0 Å². The van der Waals surface area contributed by atoms with E-state index in [4.69, 9.17) is 4.74 Å². The number of morpholine rings is 1. The van der Waals surface area contributed by atoms with E-state index >= 15 is 0 Å². The summed E-state index contributed by atoms with van der Waals surface area (Å²) in [4.78, 5) is 29.5. The van der Waals surface area contributed by atoms with Gasteiger partial charge < -0.3 is 19.9 Å². The van der Waals surface area contributed by atoms with Crippen molar-refractivity contribution in [1.29, 1.82) is 0 Å². The first kappa shape index (κ1) is 16.7. The first-order valence-corrected chi connectivity index (χ1v) is 8.95. The zero-order chi connectivity index (χ0) is 17.8. The molecule has 0 bridgehead atoms. The summed E-state index contributed by atoms with van der Waals surface area (Å²) in [5, 5.41) is 2.87. The highest BCUT2D eigenvalue weighted by atomic mass is 16.5. The summed E-state index contributed by atoms with van der Waals surface area (Å²) >= 11 is 0. The molecule has 0 saturated carbocycles. The van der Waals surface area contributed by atoms with Gasteiger partial charge in [-0.05, 0) is 31.0 Å². The van der Waals surface area contributed by atoms with Crippen LogP contribution >= 0.6 is 0 Å². The van der Waals surface area contributed by atoms with Crippen LogP contribution in [0.1, 0.15) is 24.6 Å². The van der Waals surface area contributed by atoms with E-state index in [0.717, 1.165) is 24.7 Å². The monoisotopic (exact) mass is 354 g/mol. The maximum absolute atomic E-state index is 12.5. The van der Waals surface area contributed by atoms with E-state index in [-0.39, 0.29) is 12.1 Å². The molecule has 4 rings (SSSR count). The molecule has 8 nitrogen and oxygen atoms in total. The number of nitrogens with zero attached hydrogens (tertiary/aromatic N) is 5. The summed E-state index contributed by atoms with van der Waals surface area (Å²) in [6, 6.07) is 5.32. The predicted octanol–water partition coefficient (Wildman–Crippen LogP) is 2.08. The van der Waals surface area contributed by atoms with Crippen molar-refractivity contribution in [2.45, 2.75) is 18.9 Å². The minimum absolute atomic E-state index is 0.153. The van der Waals surface area contributed by atoms with E-state index in [2.05, 4.69) is 25.2 Å². The molecule has 2 amide bonds. The van der Waals surface area contributed by atoms with Crippen LogP contribution in [0.3, 0.4) is 0 Å². The smallest absolute Gasteiger partial charge is 0.322 e. The molecule has 1 atom stereocenters. The molecule has 1 N–H and O–H groups in total. The molecule has 2 fully saturated rings. The number of anilines is 2. The summed E-state index contributed by atoms with van der Waals surface area (Å²) in [7, 11) is 0. The van der Waals surface area contributed by atoms with Crippen LogP contribution in [0.25, 0.3) is 0 Å². The molecule has 8 heteroatoms. The summed E-state index contributed by atoms with van der Waals surface area (Å²) in [5.74, 6) is 0.750. The third-order valence-corrected chi connectivity index (χ3v) is 4.65. The molecule has 0 aromatic carbocycles. The second-order valence-corrected chi connectivity index (χ2v) is 6.45. The van der Waals surface area contributed by atoms with Gasteiger partial charge >= 0.3 is 6.03 Å². The Morgan fingerprint density at radius 1 is 1.19 bits per heavy atom. The number of urea groups is 1. The van der Waals surface area contributed by atoms with Gasteiger partial charge in [-0.2, -0.15) is 0 Å². The summed E-state index contributed by atoms with van der Waals surface area (Å²) < 4.78 is 5.87. The quantitative estimate of drug-likeness (QED) is 0.909. The topological polar surface area (TPSA) is 83.5 Å². The number of hydrogen-bond acceptors (Lipinski definition) is 6.